The fourth-order valence-electron chi connectivity index (χ4n) is 3.53. The fourth-order valence-corrected chi connectivity index (χ4v) is 3.53. The summed E-state index contributed by atoms with van der Waals surface area (Å²) < 4.78 is 0. The first-order valence-corrected chi connectivity index (χ1v) is 7.08. The van der Waals surface area contributed by atoms with Crippen LogP contribution in [0.4, 0.5) is 0 Å². The van der Waals surface area contributed by atoms with E-state index in [9.17, 15) is 0 Å². The largest absolute Gasteiger partial charge is 0.311 e. The van der Waals surface area contributed by atoms with E-state index < -0.39 is 0 Å². The molecule has 5 unspecified atom stereocenters. The van der Waals surface area contributed by atoms with Gasteiger partial charge in [-0.3, -0.25) is 4.90 Å². The average Bonchev–Trinajstić information content (AvgIpc) is 2.26. The van der Waals surface area contributed by atoms with E-state index in [1.54, 1.807) is 0 Å². The summed E-state index contributed by atoms with van der Waals surface area (Å²) in [5.74, 6) is 1.79. The number of rotatable bonds is 1. The van der Waals surface area contributed by atoms with Crippen LogP contribution in [0.2, 0.25) is 0 Å². The van der Waals surface area contributed by atoms with Crippen molar-refractivity contribution < 1.29 is 0 Å². The predicted molar refractivity (Wildman–Crippen MR) is 69.6 cm³/mol. The highest BCUT2D eigenvalue weighted by Gasteiger charge is 2.35. The van der Waals surface area contributed by atoms with E-state index in [-0.39, 0.29) is 0 Å². The molecule has 2 aliphatic rings. The van der Waals surface area contributed by atoms with Gasteiger partial charge < -0.3 is 5.32 Å². The van der Waals surface area contributed by atoms with E-state index >= 15 is 0 Å². The van der Waals surface area contributed by atoms with Crippen molar-refractivity contribution in [2.45, 2.75) is 65.1 Å². The summed E-state index contributed by atoms with van der Waals surface area (Å²) in [6.45, 7) is 12.0. The van der Waals surface area contributed by atoms with Gasteiger partial charge in [-0.1, -0.05) is 26.7 Å². The minimum atomic E-state index is 0.667. The molecule has 1 aliphatic heterocycles. The van der Waals surface area contributed by atoms with E-state index in [0.29, 0.717) is 12.1 Å². The molecule has 0 aromatic rings. The van der Waals surface area contributed by atoms with Crippen molar-refractivity contribution in [3.05, 3.63) is 0 Å². The molecule has 94 valence electrons. The van der Waals surface area contributed by atoms with E-state index in [1.807, 2.05) is 0 Å². The summed E-state index contributed by atoms with van der Waals surface area (Å²) in [6, 6.07) is 2.22. The van der Waals surface area contributed by atoms with Crippen molar-refractivity contribution in [1.82, 2.24) is 10.2 Å². The molecular formula is C14H28N2. The second-order valence-electron chi connectivity index (χ2n) is 6.19. The van der Waals surface area contributed by atoms with Gasteiger partial charge in [-0.2, -0.15) is 0 Å². The number of piperazine rings is 1. The molecule has 2 rings (SSSR count). The molecule has 0 spiro atoms. The molecule has 1 aliphatic carbocycles. The Bertz CT molecular complexity index is 229. The van der Waals surface area contributed by atoms with Gasteiger partial charge in [-0.25, -0.2) is 0 Å². The monoisotopic (exact) mass is 224 g/mol. The summed E-state index contributed by atoms with van der Waals surface area (Å²) in [5.41, 5.74) is 0. The first-order chi connectivity index (χ1) is 7.59. The zero-order chi connectivity index (χ0) is 11.7. The van der Waals surface area contributed by atoms with Crippen molar-refractivity contribution in [3.8, 4) is 0 Å². The van der Waals surface area contributed by atoms with Crippen molar-refractivity contribution >= 4 is 0 Å². The van der Waals surface area contributed by atoms with Crippen LogP contribution in [0.1, 0.15) is 47.0 Å². The Balaban J connectivity index is 2.03. The molecule has 1 saturated heterocycles. The van der Waals surface area contributed by atoms with E-state index in [1.165, 1.54) is 32.4 Å². The highest BCUT2D eigenvalue weighted by molar-refractivity contribution is 4.91. The molecule has 1 N–H and O–H groups in total. The molecule has 2 heteroatoms. The second-order valence-corrected chi connectivity index (χ2v) is 6.19. The van der Waals surface area contributed by atoms with Crippen LogP contribution in [0.5, 0.6) is 0 Å². The topological polar surface area (TPSA) is 15.3 Å². The van der Waals surface area contributed by atoms with Crippen molar-refractivity contribution in [2.75, 3.05) is 13.1 Å². The van der Waals surface area contributed by atoms with Crippen LogP contribution < -0.4 is 5.32 Å². The molecule has 2 fully saturated rings. The van der Waals surface area contributed by atoms with Gasteiger partial charge in [0, 0.05) is 31.2 Å². The molecule has 5 atom stereocenters. The summed E-state index contributed by atoms with van der Waals surface area (Å²) >= 11 is 0. The van der Waals surface area contributed by atoms with Crippen LogP contribution in [0.25, 0.3) is 0 Å². The SMILES string of the molecule is CC1CN(C2CCCC(C)C2C)C(C)CN1. The first kappa shape index (κ1) is 12.4. The average molecular weight is 224 g/mol. The Morgan fingerprint density at radius 3 is 2.56 bits per heavy atom. The van der Waals surface area contributed by atoms with E-state index in [0.717, 1.165) is 17.9 Å². The van der Waals surface area contributed by atoms with Gasteiger partial charge in [0.2, 0.25) is 0 Å². The Morgan fingerprint density at radius 2 is 1.81 bits per heavy atom. The van der Waals surface area contributed by atoms with Crippen molar-refractivity contribution in [3.63, 3.8) is 0 Å². The minimum Gasteiger partial charge on any atom is -0.311 e. The zero-order valence-electron chi connectivity index (χ0n) is 11.4. The molecule has 1 saturated carbocycles. The van der Waals surface area contributed by atoms with Gasteiger partial charge in [0.15, 0.2) is 0 Å². The van der Waals surface area contributed by atoms with Crippen LogP contribution in [-0.4, -0.2) is 36.1 Å². The molecular weight excluding hydrogens is 196 g/mol. The standard InChI is InChI=1S/C14H28N2/c1-10-6-5-7-14(13(10)4)16-9-11(2)15-8-12(16)3/h10-15H,5-9H2,1-4H3. The van der Waals surface area contributed by atoms with Crippen LogP contribution in [0, 0.1) is 11.8 Å². The Labute approximate surface area is 101 Å². The number of nitrogens with one attached hydrogen (secondary N) is 1. The van der Waals surface area contributed by atoms with Gasteiger partial charge in [-0.15, -0.1) is 0 Å². The Morgan fingerprint density at radius 1 is 1.06 bits per heavy atom. The second kappa shape index (κ2) is 5.05. The van der Waals surface area contributed by atoms with Crippen molar-refractivity contribution in [1.29, 1.82) is 0 Å². The van der Waals surface area contributed by atoms with Gasteiger partial charge in [0.25, 0.3) is 0 Å². The lowest BCUT2D eigenvalue weighted by Crippen LogP contribution is -2.59. The Hall–Kier alpha value is -0.0800. The lowest BCUT2D eigenvalue weighted by molar-refractivity contribution is 0.0269. The minimum absolute atomic E-state index is 0.667. The third-order valence-corrected chi connectivity index (χ3v) is 4.90. The quantitative estimate of drug-likeness (QED) is 0.736. The number of nitrogens with zero attached hydrogens (tertiary/aromatic N) is 1. The number of hydrogen-bond acceptors (Lipinski definition) is 2. The molecule has 0 bridgehead atoms. The summed E-state index contributed by atoms with van der Waals surface area (Å²) in [6.07, 6.45) is 4.29. The zero-order valence-corrected chi connectivity index (χ0v) is 11.4. The number of hydrogen-bond donors (Lipinski definition) is 1. The van der Waals surface area contributed by atoms with Crippen LogP contribution >= 0.6 is 0 Å². The molecule has 16 heavy (non-hydrogen) atoms. The van der Waals surface area contributed by atoms with Crippen LogP contribution in [-0.2, 0) is 0 Å². The van der Waals surface area contributed by atoms with E-state index in [2.05, 4.69) is 37.9 Å². The van der Waals surface area contributed by atoms with Crippen molar-refractivity contribution in [2.24, 2.45) is 11.8 Å². The molecule has 2 nitrogen and oxygen atoms in total. The van der Waals surface area contributed by atoms with Crippen LogP contribution in [0.15, 0.2) is 0 Å². The highest BCUT2D eigenvalue weighted by atomic mass is 15.3. The molecule has 1 heterocycles. The third kappa shape index (κ3) is 2.43. The maximum absolute atomic E-state index is 3.59. The highest BCUT2D eigenvalue weighted by Crippen LogP contribution is 2.34. The van der Waals surface area contributed by atoms with Gasteiger partial charge in [-0.05, 0) is 32.1 Å². The molecule has 0 amide bonds. The maximum atomic E-state index is 3.59. The van der Waals surface area contributed by atoms with Crippen LogP contribution in [0.3, 0.4) is 0 Å². The third-order valence-electron chi connectivity index (χ3n) is 4.90. The van der Waals surface area contributed by atoms with E-state index in [4.69, 9.17) is 0 Å². The fraction of sp³-hybridized carbons (Fsp3) is 1.00. The first-order valence-electron chi connectivity index (χ1n) is 7.08. The molecule has 0 aromatic carbocycles. The normalized spacial score (nSPS) is 46.9. The Kier molecular flexibility index (Phi) is 3.91. The smallest absolute Gasteiger partial charge is 0.0196 e. The maximum Gasteiger partial charge on any atom is 0.0196 e. The van der Waals surface area contributed by atoms with Gasteiger partial charge in [0.1, 0.15) is 0 Å². The van der Waals surface area contributed by atoms with Gasteiger partial charge >= 0.3 is 0 Å². The summed E-state index contributed by atoms with van der Waals surface area (Å²) in [7, 11) is 0. The lowest BCUT2D eigenvalue weighted by Gasteiger charge is -2.48. The summed E-state index contributed by atoms with van der Waals surface area (Å²) in [5, 5.41) is 3.59. The molecule has 0 radical (unpaired) electrons. The molecule has 0 aromatic heterocycles. The predicted octanol–water partition coefficient (Wildman–Crippen LogP) is 2.49. The summed E-state index contributed by atoms with van der Waals surface area (Å²) in [4.78, 5) is 2.78. The van der Waals surface area contributed by atoms with Gasteiger partial charge in [0.05, 0.1) is 0 Å². The lowest BCUT2D eigenvalue weighted by atomic mass is 9.76.